The first-order chi connectivity index (χ1) is 11.5. The monoisotopic (exact) mass is 324 g/mol. The van der Waals surface area contributed by atoms with Gasteiger partial charge in [-0.3, -0.25) is 14.4 Å². The zero-order valence-electron chi connectivity index (χ0n) is 13.0. The van der Waals surface area contributed by atoms with Gasteiger partial charge in [-0.2, -0.15) is 0 Å². The smallest absolute Gasteiger partial charge is 0.254 e. The van der Waals surface area contributed by atoms with Crippen LogP contribution in [0.25, 0.3) is 0 Å². The first kappa shape index (κ1) is 15.7. The maximum atomic E-state index is 12.2. The number of carbonyl (C=O) groups excluding carboxylic acids is 3. The Morgan fingerprint density at radius 3 is 2.75 bits per heavy atom. The Morgan fingerprint density at radius 2 is 1.96 bits per heavy atom. The van der Waals surface area contributed by atoms with Gasteiger partial charge in [0.25, 0.3) is 5.91 Å². The highest BCUT2D eigenvalue weighted by atomic mass is 16.2. The molecule has 1 aromatic heterocycles. The number of aromatic nitrogens is 1. The minimum Gasteiger partial charge on any atom is -0.340 e. The molecule has 0 bridgehead atoms. The fraction of sp³-hybridized carbons (Fsp3) is 0.176. The molecule has 1 unspecified atom stereocenters. The Kier molecular flexibility index (Phi) is 4.24. The summed E-state index contributed by atoms with van der Waals surface area (Å²) in [5.74, 6) is -0.820. The van der Waals surface area contributed by atoms with Gasteiger partial charge in [-0.15, -0.1) is 0 Å². The van der Waals surface area contributed by atoms with E-state index in [2.05, 4.69) is 20.9 Å². The third kappa shape index (κ3) is 3.40. The molecule has 2 aromatic rings. The van der Waals surface area contributed by atoms with Crippen LogP contribution in [0.4, 0.5) is 11.5 Å². The number of rotatable bonds is 3. The van der Waals surface area contributed by atoms with Gasteiger partial charge in [-0.1, -0.05) is 18.2 Å². The second-order valence-corrected chi connectivity index (χ2v) is 5.48. The van der Waals surface area contributed by atoms with Crippen LogP contribution < -0.4 is 16.0 Å². The van der Waals surface area contributed by atoms with E-state index < -0.39 is 23.8 Å². The average Bonchev–Trinajstić information content (AvgIpc) is 2.65. The number of hydrogen-bond acceptors (Lipinski definition) is 4. The van der Waals surface area contributed by atoms with Crippen molar-refractivity contribution in [2.24, 2.45) is 0 Å². The lowest BCUT2D eigenvalue weighted by atomic mass is 10.1. The molecule has 1 aliphatic rings. The SMILES string of the molecule is Cc1cccc(NC(=O)CC2NC(=O)c3ccccc3NC2=O)n1. The molecule has 1 atom stereocenters. The summed E-state index contributed by atoms with van der Waals surface area (Å²) in [5.41, 5.74) is 1.57. The van der Waals surface area contributed by atoms with Crippen molar-refractivity contribution in [2.45, 2.75) is 19.4 Å². The van der Waals surface area contributed by atoms with Crippen molar-refractivity contribution in [1.29, 1.82) is 0 Å². The molecular weight excluding hydrogens is 308 g/mol. The highest BCUT2D eigenvalue weighted by molar-refractivity contribution is 6.11. The molecule has 24 heavy (non-hydrogen) atoms. The minimum atomic E-state index is -0.949. The number of hydrogen-bond donors (Lipinski definition) is 3. The van der Waals surface area contributed by atoms with Gasteiger partial charge in [0, 0.05) is 5.69 Å². The molecule has 0 saturated carbocycles. The Bertz CT molecular complexity index is 819. The number of nitrogens with one attached hydrogen (secondary N) is 3. The number of carbonyl (C=O) groups is 3. The molecular formula is C17H16N4O3. The van der Waals surface area contributed by atoms with Crippen LogP contribution in [0, 0.1) is 6.92 Å². The number of amides is 3. The van der Waals surface area contributed by atoms with Crippen molar-refractivity contribution >= 4 is 29.2 Å². The van der Waals surface area contributed by atoms with E-state index in [0.717, 1.165) is 5.69 Å². The number of anilines is 2. The van der Waals surface area contributed by atoms with Gasteiger partial charge in [0.05, 0.1) is 17.7 Å². The van der Waals surface area contributed by atoms with Crippen LogP contribution in [0.2, 0.25) is 0 Å². The van der Waals surface area contributed by atoms with Crippen molar-refractivity contribution in [3.8, 4) is 0 Å². The van der Waals surface area contributed by atoms with Gasteiger partial charge in [-0.05, 0) is 31.2 Å². The lowest BCUT2D eigenvalue weighted by Gasteiger charge is -2.14. The van der Waals surface area contributed by atoms with E-state index in [4.69, 9.17) is 0 Å². The predicted octanol–water partition coefficient (Wildman–Crippen LogP) is 1.47. The van der Waals surface area contributed by atoms with E-state index in [1.54, 1.807) is 36.4 Å². The maximum absolute atomic E-state index is 12.2. The molecule has 0 spiro atoms. The van der Waals surface area contributed by atoms with E-state index in [-0.39, 0.29) is 6.42 Å². The number of benzene rings is 1. The lowest BCUT2D eigenvalue weighted by Crippen LogP contribution is -2.43. The zero-order valence-corrected chi connectivity index (χ0v) is 13.0. The topological polar surface area (TPSA) is 100 Å². The predicted molar refractivity (Wildman–Crippen MR) is 88.5 cm³/mol. The summed E-state index contributed by atoms with van der Waals surface area (Å²) in [6.45, 7) is 1.81. The van der Waals surface area contributed by atoms with Crippen molar-refractivity contribution in [2.75, 3.05) is 10.6 Å². The molecule has 1 aromatic carbocycles. The van der Waals surface area contributed by atoms with Gasteiger partial charge >= 0.3 is 0 Å². The normalized spacial score (nSPS) is 16.5. The van der Waals surface area contributed by atoms with Crippen LogP contribution in [-0.4, -0.2) is 28.7 Å². The van der Waals surface area contributed by atoms with Gasteiger partial charge in [0.2, 0.25) is 11.8 Å². The van der Waals surface area contributed by atoms with Crippen molar-refractivity contribution < 1.29 is 14.4 Å². The Hall–Kier alpha value is -3.22. The number of aryl methyl sites for hydroxylation is 1. The molecule has 3 N–H and O–H groups in total. The molecule has 7 heteroatoms. The van der Waals surface area contributed by atoms with Gasteiger partial charge in [0.1, 0.15) is 11.9 Å². The summed E-state index contributed by atoms with van der Waals surface area (Å²) in [7, 11) is 0. The van der Waals surface area contributed by atoms with Crippen molar-refractivity contribution in [3.63, 3.8) is 0 Å². The van der Waals surface area contributed by atoms with E-state index in [0.29, 0.717) is 17.1 Å². The Labute approximate surface area is 138 Å². The summed E-state index contributed by atoms with van der Waals surface area (Å²) in [6, 6.07) is 11.0. The quantitative estimate of drug-likeness (QED) is 0.796. The highest BCUT2D eigenvalue weighted by Crippen LogP contribution is 2.19. The van der Waals surface area contributed by atoms with Crippen LogP contribution >= 0.6 is 0 Å². The molecule has 122 valence electrons. The van der Waals surface area contributed by atoms with Gasteiger partial charge in [0.15, 0.2) is 0 Å². The standard InChI is InChI=1S/C17H16N4O3/c1-10-5-4-8-14(18-10)21-15(22)9-13-17(24)19-12-7-3-2-6-11(12)16(23)20-13/h2-8,13H,9H2,1H3,(H,19,24)(H,20,23)(H,18,21,22). The zero-order chi connectivity index (χ0) is 17.1. The minimum absolute atomic E-state index is 0.179. The molecule has 0 fully saturated rings. The molecule has 0 saturated heterocycles. The van der Waals surface area contributed by atoms with Crippen LogP contribution in [0.5, 0.6) is 0 Å². The molecule has 1 aliphatic heterocycles. The lowest BCUT2D eigenvalue weighted by molar-refractivity contribution is -0.122. The molecule has 0 radical (unpaired) electrons. The Morgan fingerprint density at radius 1 is 1.17 bits per heavy atom. The third-order valence-electron chi connectivity index (χ3n) is 3.60. The van der Waals surface area contributed by atoms with E-state index >= 15 is 0 Å². The fourth-order valence-electron chi connectivity index (χ4n) is 2.45. The van der Waals surface area contributed by atoms with Crippen LogP contribution in [0.15, 0.2) is 42.5 Å². The molecule has 2 heterocycles. The molecule has 7 nitrogen and oxygen atoms in total. The van der Waals surface area contributed by atoms with Gasteiger partial charge < -0.3 is 16.0 Å². The van der Waals surface area contributed by atoms with Gasteiger partial charge in [-0.25, -0.2) is 4.98 Å². The third-order valence-corrected chi connectivity index (χ3v) is 3.60. The van der Waals surface area contributed by atoms with E-state index in [1.807, 2.05) is 13.0 Å². The van der Waals surface area contributed by atoms with Crippen LogP contribution in [0.1, 0.15) is 22.5 Å². The summed E-state index contributed by atoms with van der Waals surface area (Å²) >= 11 is 0. The average molecular weight is 324 g/mol. The van der Waals surface area contributed by atoms with E-state index in [1.165, 1.54) is 0 Å². The second kappa shape index (κ2) is 6.49. The maximum Gasteiger partial charge on any atom is 0.254 e. The van der Waals surface area contributed by atoms with Crippen LogP contribution in [-0.2, 0) is 9.59 Å². The number of pyridine rings is 1. The largest absolute Gasteiger partial charge is 0.340 e. The summed E-state index contributed by atoms with van der Waals surface area (Å²) in [4.78, 5) is 40.8. The van der Waals surface area contributed by atoms with Crippen molar-refractivity contribution in [3.05, 3.63) is 53.7 Å². The fourth-order valence-corrected chi connectivity index (χ4v) is 2.45. The van der Waals surface area contributed by atoms with Crippen molar-refractivity contribution in [1.82, 2.24) is 10.3 Å². The van der Waals surface area contributed by atoms with Crippen LogP contribution in [0.3, 0.4) is 0 Å². The first-order valence-corrected chi connectivity index (χ1v) is 7.47. The summed E-state index contributed by atoms with van der Waals surface area (Å²) in [5, 5.41) is 7.87. The molecule has 0 aliphatic carbocycles. The summed E-state index contributed by atoms with van der Waals surface area (Å²) < 4.78 is 0. The Balaban J connectivity index is 1.70. The summed E-state index contributed by atoms with van der Waals surface area (Å²) in [6.07, 6.45) is -0.179. The number of fused-ring (bicyclic) bond motifs is 1. The van der Waals surface area contributed by atoms with E-state index in [9.17, 15) is 14.4 Å². The molecule has 3 amide bonds. The molecule has 3 rings (SSSR count). The number of para-hydroxylation sites is 1. The highest BCUT2D eigenvalue weighted by Gasteiger charge is 2.29. The second-order valence-electron chi connectivity index (χ2n) is 5.48. The number of nitrogens with zero attached hydrogens (tertiary/aromatic N) is 1. The first-order valence-electron chi connectivity index (χ1n) is 7.47.